The van der Waals surface area contributed by atoms with E-state index >= 15 is 0 Å². The number of benzene rings is 3. The van der Waals surface area contributed by atoms with Gasteiger partial charge in [-0.25, -0.2) is 8.42 Å². The van der Waals surface area contributed by atoms with Crippen LogP contribution in [0.2, 0.25) is 0 Å². The molecule has 0 aliphatic heterocycles. The summed E-state index contributed by atoms with van der Waals surface area (Å²) in [6, 6.07) is 15.8. The van der Waals surface area contributed by atoms with Gasteiger partial charge < -0.3 is 4.74 Å². The summed E-state index contributed by atoms with van der Waals surface area (Å²) >= 11 is 0. The van der Waals surface area contributed by atoms with Gasteiger partial charge in [0.05, 0.1) is 28.8 Å². The number of aryl methyl sites for hydroxylation is 2. The van der Waals surface area contributed by atoms with E-state index in [9.17, 15) is 18.5 Å². The number of hydrazone groups is 1. The molecule has 32 heavy (non-hydrogen) atoms. The highest BCUT2D eigenvalue weighted by molar-refractivity contribution is 7.92. The fraction of sp³-hybridized carbons (Fsp3) is 0.136. The lowest BCUT2D eigenvalue weighted by Gasteiger charge is -2.12. The molecule has 0 bridgehead atoms. The maximum absolute atomic E-state index is 12.8. The third kappa shape index (κ3) is 5.22. The number of rotatable bonds is 8. The monoisotopic (exact) mass is 454 g/mol. The van der Waals surface area contributed by atoms with E-state index in [4.69, 9.17) is 4.74 Å². The minimum atomic E-state index is -4.09. The van der Waals surface area contributed by atoms with Gasteiger partial charge in [-0.2, -0.15) is 5.10 Å². The van der Waals surface area contributed by atoms with E-state index in [-0.39, 0.29) is 16.3 Å². The third-order valence-corrected chi connectivity index (χ3v) is 6.00. The fourth-order valence-corrected chi connectivity index (χ4v) is 4.09. The standard InChI is InChI=1S/C22H22N4O5S/c1-15-8-9-17(16(2)12-15)14-23-24-19-11-10-18(13-21(19)26(27)28)32(29,30)25-20-6-4-5-7-22(20)31-3/h4-14,24-25H,1-3H3. The number of nitrogens with zero attached hydrogens (tertiary/aromatic N) is 2. The number of para-hydroxylation sites is 2. The Hall–Kier alpha value is -3.92. The van der Waals surface area contributed by atoms with E-state index in [2.05, 4.69) is 15.2 Å². The Kier molecular flexibility index (Phi) is 6.74. The molecule has 0 saturated heterocycles. The molecule has 0 spiro atoms. The Bertz CT molecular complexity index is 1290. The van der Waals surface area contributed by atoms with E-state index in [1.165, 1.54) is 25.3 Å². The number of nitro groups is 1. The van der Waals surface area contributed by atoms with E-state index in [0.29, 0.717) is 5.75 Å². The molecule has 166 valence electrons. The molecule has 2 N–H and O–H groups in total. The van der Waals surface area contributed by atoms with Crippen LogP contribution in [0.5, 0.6) is 5.75 Å². The van der Waals surface area contributed by atoms with E-state index < -0.39 is 20.6 Å². The molecule has 3 aromatic carbocycles. The van der Waals surface area contributed by atoms with E-state index in [0.717, 1.165) is 22.8 Å². The van der Waals surface area contributed by atoms with Gasteiger partial charge in [0.2, 0.25) is 0 Å². The summed E-state index contributed by atoms with van der Waals surface area (Å²) in [6.07, 6.45) is 1.55. The summed E-state index contributed by atoms with van der Waals surface area (Å²) in [4.78, 5) is 10.6. The highest BCUT2D eigenvalue weighted by atomic mass is 32.2. The summed E-state index contributed by atoms with van der Waals surface area (Å²) in [5, 5.41) is 15.6. The second-order valence-corrected chi connectivity index (χ2v) is 8.65. The fourth-order valence-electron chi connectivity index (χ4n) is 3.00. The Morgan fingerprint density at radius 3 is 2.47 bits per heavy atom. The Morgan fingerprint density at radius 1 is 1.03 bits per heavy atom. The summed E-state index contributed by atoms with van der Waals surface area (Å²) in [5.41, 5.74) is 5.46. The van der Waals surface area contributed by atoms with Crippen LogP contribution in [0.15, 0.2) is 70.7 Å². The van der Waals surface area contributed by atoms with Crippen LogP contribution in [0.3, 0.4) is 0 Å². The quantitative estimate of drug-likeness (QED) is 0.294. The zero-order valence-corrected chi connectivity index (χ0v) is 18.5. The lowest BCUT2D eigenvalue weighted by atomic mass is 10.1. The molecule has 0 aromatic heterocycles. The van der Waals surface area contributed by atoms with Gasteiger partial charge in [-0.15, -0.1) is 0 Å². The molecule has 0 unspecified atom stereocenters. The zero-order valence-electron chi connectivity index (χ0n) is 17.7. The largest absolute Gasteiger partial charge is 0.495 e. The van der Waals surface area contributed by atoms with Gasteiger partial charge in [0.15, 0.2) is 0 Å². The number of methoxy groups -OCH3 is 1. The van der Waals surface area contributed by atoms with Crippen molar-refractivity contribution < 1.29 is 18.1 Å². The molecule has 0 aliphatic rings. The average molecular weight is 455 g/mol. The molecule has 0 amide bonds. The second-order valence-electron chi connectivity index (χ2n) is 6.97. The smallest absolute Gasteiger partial charge is 0.295 e. The number of nitrogens with one attached hydrogen (secondary N) is 2. The number of sulfonamides is 1. The average Bonchev–Trinajstić information content (AvgIpc) is 2.75. The number of nitro benzene ring substituents is 1. The molecule has 9 nitrogen and oxygen atoms in total. The van der Waals surface area contributed by atoms with Crippen LogP contribution in [0.1, 0.15) is 16.7 Å². The summed E-state index contributed by atoms with van der Waals surface area (Å²) < 4.78 is 33.1. The number of hydrogen-bond donors (Lipinski definition) is 2. The maximum Gasteiger partial charge on any atom is 0.295 e. The van der Waals surface area contributed by atoms with Gasteiger partial charge in [0, 0.05) is 6.07 Å². The Morgan fingerprint density at radius 2 is 1.78 bits per heavy atom. The van der Waals surface area contributed by atoms with Crippen molar-refractivity contribution >= 4 is 33.3 Å². The number of hydrogen-bond acceptors (Lipinski definition) is 7. The predicted molar refractivity (Wildman–Crippen MR) is 124 cm³/mol. The van der Waals surface area contributed by atoms with Gasteiger partial charge in [0.25, 0.3) is 15.7 Å². The Labute approximate surface area is 185 Å². The molecular formula is C22H22N4O5S. The van der Waals surface area contributed by atoms with Gasteiger partial charge in [0.1, 0.15) is 11.4 Å². The van der Waals surface area contributed by atoms with Crippen LogP contribution in [-0.2, 0) is 10.0 Å². The van der Waals surface area contributed by atoms with Crippen molar-refractivity contribution in [3.63, 3.8) is 0 Å². The Balaban J connectivity index is 1.87. The summed E-state index contributed by atoms with van der Waals surface area (Å²) in [6.45, 7) is 3.92. The van der Waals surface area contributed by atoms with Crippen molar-refractivity contribution in [1.29, 1.82) is 0 Å². The second kappa shape index (κ2) is 9.48. The first kappa shape index (κ1) is 22.8. The van der Waals surface area contributed by atoms with Crippen molar-refractivity contribution in [2.75, 3.05) is 17.3 Å². The molecule has 3 aromatic rings. The van der Waals surface area contributed by atoms with Crippen LogP contribution >= 0.6 is 0 Å². The molecule has 0 radical (unpaired) electrons. The zero-order chi connectivity index (χ0) is 23.3. The highest BCUT2D eigenvalue weighted by Gasteiger charge is 2.22. The van der Waals surface area contributed by atoms with Gasteiger partial charge in [-0.1, -0.05) is 35.9 Å². The van der Waals surface area contributed by atoms with Gasteiger partial charge >= 0.3 is 0 Å². The highest BCUT2D eigenvalue weighted by Crippen LogP contribution is 2.30. The molecule has 10 heteroatoms. The first-order valence-corrected chi connectivity index (χ1v) is 11.0. The first-order valence-electron chi connectivity index (χ1n) is 9.52. The molecule has 0 fully saturated rings. The van der Waals surface area contributed by atoms with Crippen LogP contribution < -0.4 is 14.9 Å². The van der Waals surface area contributed by atoms with Crippen molar-refractivity contribution in [3.8, 4) is 5.75 Å². The molecule has 0 heterocycles. The van der Waals surface area contributed by atoms with Gasteiger partial charge in [-0.3, -0.25) is 20.3 Å². The molecule has 0 atom stereocenters. The van der Waals surface area contributed by atoms with Crippen LogP contribution in [0, 0.1) is 24.0 Å². The van der Waals surface area contributed by atoms with Crippen molar-refractivity contribution in [3.05, 3.63) is 87.5 Å². The summed E-state index contributed by atoms with van der Waals surface area (Å²) in [5.74, 6) is 0.324. The van der Waals surface area contributed by atoms with Crippen molar-refractivity contribution in [2.24, 2.45) is 5.10 Å². The van der Waals surface area contributed by atoms with Crippen LogP contribution in [0.25, 0.3) is 0 Å². The maximum atomic E-state index is 12.8. The molecule has 3 rings (SSSR count). The van der Waals surface area contributed by atoms with E-state index in [1.54, 1.807) is 24.4 Å². The lowest BCUT2D eigenvalue weighted by molar-refractivity contribution is -0.384. The van der Waals surface area contributed by atoms with E-state index in [1.807, 2.05) is 32.0 Å². The first-order chi connectivity index (χ1) is 15.2. The molecule has 0 aliphatic carbocycles. The normalized spacial score (nSPS) is 11.3. The minimum absolute atomic E-state index is 0.0623. The van der Waals surface area contributed by atoms with Crippen LogP contribution in [-0.4, -0.2) is 26.7 Å². The molecule has 0 saturated carbocycles. The lowest BCUT2D eigenvalue weighted by Crippen LogP contribution is -2.14. The third-order valence-electron chi connectivity index (χ3n) is 4.64. The van der Waals surface area contributed by atoms with Crippen molar-refractivity contribution in [1.82, 2.24) is 0 Å². The van der Waals surface area contributed by atoms with Gasteiger partial charge in [-0.05, 0) is 49.2 Å². The summed E-state index contributed by atoms with van der Waals surface area (Å²) in [7, 11) is -2.68. The minimum Gasteiger partial charge on any atom is -0.495 e. The SMILES string of the molecule is COc1ccccc1NS(=O)(=O)c1ccc(NN=Cc2ccc(C)cc2C)c([N+](=O)[O-])c1. The predicted octanol–water partition coefficient (Wildman–Crippen LogP) is 4.47. The van der Waals surface area contributed by atoms with Crippen LogP contribution in [0.4, 0.5) is 17.1 Å². The number of ether oxygens (including phenoxy) is 1. The molecular weight excluding hydrogens is 432 g/mol. The van der Waals surface area contributed by atoms with Crippen molar-refractivity contribution in [2.45, 2.75) is 18.7 Å². The number of anilines is 2. The topological polar surface area (TPSA) is 123 Å².